The predicted molar refractivity (Wildman–Crippen MR) is 61.6 cm³/mol. The van der Waals surface area contributed by atoms with Gasteiger partial charge in [-0.15, -0.1) is 0 Å². The zero-order valence-electron chi connectivity index (χ0n) is 9.72. The monoisotopic (exact) mass is 208 g/mol. The Morgan fingerprint density at radius 3 is 2.40 bits per heavy atom. The first-order chi connectivity index (χ1) is 7.08. The van der Waals surface area contributed by atoms with Crippen molar-refractivity contribution >= 4 is 5.69 Å². The molecule has 0 amide bonds. The first kappa shape index (κ1) is 10.5. The van der Waals surface area contributed by atoms with Crippen LogP contribution in [0.2, 0.25) is 0 Å². The average molecular weight is 208 g/mol. The standard InChI is InChI=1S/C11H20N4/c1-8-4-11(5-9(2)14(8)3)15-7-10(12)6-13-15/h6-9,11H,4-5,12H2,1-3H3/t8-,9+,11-. The first-order valence-corrected chi connectivity index (χ1v) is 5.59. The maximum absolute atomic E-state index is 5.69. The second-order valence-corrected chi connectivity index (χ2v) is 4.74. The van der Waals surface area contributed by atoms with Crippen molar-refractivity contribution in [2.75, 3.05) is 12.8 Å². The summed E-state index contributed by atoms with van der Waals surface area (Å²) in [7, 11) is 2.20. The van der Waals surface area contributed by atoms with E-state index in [1.807, 2.05) is 10.9 Å². The lowest BCUT2D eigenvalue weighted by molar-refractivity contribution is 0.0969. The molecule has 1 aliphatic rings. The molecule has 4 nitrogen and oxygen atoms in total. The van der Waals surface area contributed by atoms with E-state index < -0.39 is 0 Å². The maximum Gasteiger partial charge on any atom is 0.0719 e. The van der Waals surface area contributed by atoms with Crippen molar-refractivity contribution in [3.63, 3.8) is 0 Å². The van der Waals surface area contributed by atoms with Gasteiger partial charge in [-0.1, -0.05) is 0 Å². The zero-order chi connectivity index (χ0) is 11.0. The minimum absolute atomic E-state index is 0.503. The van der Waals surface area contributed by atoms with Gasteiger partial charge in [0.05, 0.1) is 17.9 Å². The van der Waals surface area contributed by atoms with Gasteiger partial charge in [0, 0.05) is 18.3 Å². The number of nitrogens with zero attached hydrogens (tertiary/aromatic N) is 3. The van der Waals surface area contributed by atoms with Gasteiger partial charge in [-0.05, 0) is 33.7 Å². The lowest BCUT2D eigenvalue weighted by atomic mass is 9.93. The lowest BCUT2D eigenvalue weighted by Crippen LogP contribution is -2.44. The fourth-order valence-corrected chi connectivity index (χ4v) is 2.42. The Labute approximate surface area is 91.1 Å². The highest BCUT2D eigenvalue weighted by Gasteiger charge is 2.29. The molecule has 1 aromatic rings. The molecular weight excluding hydrogens is 188 g/mol. The van der Waals surface area contributed by atoms with Crippen LogP contribution in [0.4, 0.5) is 5.69 Å². The van der Waals surface area contributed by atoms with Gasteiger partial charge in [-0.3, -0.25) is 4.68 Å². The van der Waals surface area contributed by atoms with Crippen LogP contribution in [-0.4, -0.2) is 33.8 Å². The number of hydrogen-bond acceptors (Lipinski definition) is 3. The van der Waals surface area contributed by atoms with Gasteiger partial charge in [0.2, 0.25) is 0 Å². The molecule has 0 bridgehead atoms. The lowest BCUT2D eigenvalue weighted by Gasteiger charge is -2.40. The van der Waals surface area contributed by atoms with Crippen LogP contribution in [0.25, 0.3) is 0 Å². The van der Waals surface area contributed by atoms with Crippen LogP contribution in [-0.2, 0) is 0 Å². The summed E-state index contributed by atoms with van der Waals surface area (Å²) in [6.07, 6.45) is 5.98. The molecule has 1 aliphatic heterocycles. The molecule has 0 saturated carbocycles. The Kier molecular flexibility index (Phi) is 2.69. The Balaban J connectivity index is 2.12. The molecule has 2 heterocycles. The Bertz CT molecular complexity index is 321. The van der Waals surface area contributed by atoms with E-state index in [0.29, 0.717) is 18.1 Å². The quantitative estimate of drug-likeness (QED) is 0.761. The molecule has 0 spiro atoms. The average Bonchev–Trinajstić information content (AvgIpc) is 2.60. The Morgan fingerprint density at radius 2 is 1.93 bits per heavy atom. The van der Waals surface area contributed by atoms with Crippen LogP contribution >= 0.6 is 0 Å². The number of nitrogen functional groups attached to an aromatic ring is 1. The SMILES string of the molecule is C[C@@H]1C[C@@H](n2cc(N)cn2)C[C@H](C)N1C. The van der Waals surface area contributed by atoms with Crippen molar-refractivity contribution in [1.82, 2.24) is 14.7 Å². The van der Waals surface area contributed by atoms with Gasteiger partial charge in [0.1, 0.15) is 0 Å². The fraction of sp³-hybridized carbons (Fsp3) is 0.727. The number of nitrogens with two attached hydrogens (primary N) is 1. The fourth-order valence-electron chi connectivity index (χ4n) is 2.42. The molecule has 1 aromatic heterocycles. The molecule has 0 aliphatic carbocycles. The van der Waals surface area contributed by atoms with Crippen LogP contribution < -0.4 is 5.73 Å². The van der Waals surface area contributed by atoms with Crippen molar-refractivity contribution < 1.29 is 0 Å². The number of rotatable bonds is 1. The maximum atomic E-state index is 5.69. The van der Waals surface area contributed by atoms with Gasteiger partial charge in [-0.2, -0.15) is 5.10 Å². The van der Waals surface area contributed by atoms with E-state index in [0.717, 1.165) is 18.5 Å². The van der Waals surface area contributed by atoms with Crippen LogP contribution in [0.3, 0.4) is 0 Å². The minimum atomic E-state index is 0.503. The molecule has 0 radical (unpaired) electrons. The molecular formula is C11H20N4. The second-order valence-electron chi connectivity index (χ2n) is 4.74. The van der Waals surface area contributed by atoms with Gasteiger partial charge in [0.25, 0.3) is 0 Å². The van der Waals surface area contributed by atoms with E-state index >= 15 is 0 Å². The summed E-state index contributed by atoms with van der Waals surface area (Å²) in [6, 6.07) is 1.73. The Morgan fingerprint density at radius 1 is 1.33 bits per heavy atom. The third-order valence-corrected chi connectivity index (χ3v) is 3.61. The number of aromatic nitrogens is 2. The molecule has 0 unspecified atom stereocenters. The van der Waals surface area contributed by atoms with Gasteiger partial charge in [0.15, 0.2) is 0 Å². The third kappa shape index (κ3) is 2.00. The molecule has 2 rings (SSSR count). The van der Waals surface area contributed by atoms with Crippen molar-refractivity contribution in [2.45, 2.75) is 44.8 Å². The van der Waals surface area contributed by atoms with E-state index in [1.54, 1.807) is 6.20 Å². The number of hydrogen-bond donors (Lipinski definition) is 1. The summed E-state index contributed by atoms with van der Waals surface area (Å²) < 4.78 is 2.02. The molecule has 0 aromatic carbocycles. The number of likely N-dealkylation sites (tertiary alicyclic amines) is 1. The van der Waals surface area contributed by atoms with Gasteiger partial charge < -0.3 is 10.6 Å². The first-order valence-electron chi connectivity index (χ1n) is 5.59. The van der Waals surface area contributed by atoms with Crippen molar-refractivity contribution in [3.8, 4) is 0 Å². The largest absolute Gasteiger partial charge is 0.396 e. The number of piperidine rings is 1. The summed E-state index contributed by atoms with van der Waals surface area (Å²) in [5, 5.41) is 4.31. The summed E-state index contributed by atoms with van der Waals surface area (Å²) >= 11 is 0. The van der Waals surface area contributed by atoms with Crippen LogP contribution in [0.5, 0.6) is 0 Å². The van der Waals surface area contributed by atoms with E-state index in [4.69, 9.17) is 5.73 Å². The smallest absolute Gasteiger partial charge is 0.0719 e. The molecule has 84 valence electrons. The summed E-state index contributed by atoms with van der Waals surface area (Å²) in [5.41, 5.74) is 6.45. The van der Waals surface area contributed by atoms with E-state index in [2.05, 4.69) is 30.9 Å². The highest BCUT2D eigenvalue weighted by Crippen LogP contribution is 2.29. The van der Waals surface area contributed by atoms with Crippen LogP contribution in [0.1, 0.15) is 32.7 Å². The molecule has 1 saturated heterocycles. The second kappa shape index (κ2) is 3.85. The normalized spacial score (nSPS) is 33.1. The van der Waals surface area contributed by atoms with Crippen LogP contribution in [0, 0.1) is 0 Å². The van der Waals surface area contributed by atoms with Crippen LogP contribution in [0.15, 0.2) is 12.4 Å². The topological polar surface area (TPSA) is 47.1 Å². The van der Waals surface area contributed by atoms with Crippen molar-refractivity contribution in [1.29, 1.82) is 0 Å². The van der Waals surface area contributed by atoms with E-state index in [9.17, 15) is 0 Å². The van der Waals surface area contributed by atoms with Crippen molar-refractivity contribution in [2.24, 2.45) is 0 Å². The molecule has 1 fully saturated rings. The zero-order valence-corrected chi connectivity index (χ0v) is 9.72. The predicted octanol–water partition coefficient (Wildman–Crippen LogP) is 1.51. The highest BCUT2D eigenvalue weighted by molar-refractivity contribution is 5.30. The molecule has 15 heavy (non-hydrogen) atoms. The summed E-state index contributed by atoms with van der Waals surface area (Å²) in [4.78, 5) is 2.43. The van der Waals surface area contributed by atoms with Crippen molar-refractivity contribution in [3.05, 3.63) is 12.4 Å². The molecule has 2 N–H and O–H groups in total. The minimum Gasteiger partial charge on any atom is -0.396 e. The van der Waals surface area contributed by atoms with E-state index in [1.165, 1.54) is 0 Å². The molecule has 3 atom stereocenters. The third-order valence-electron chi connectivity index (χ3n) is 3.61. The molecule has 4 heteroatoms. The van der Waals surface area contributed by atoms with E-state index in [-0.39, 0.29) is 0 Å². The Hall–Kier alpha value is -1.03. The highest BCUT2D eigenvalue weighted by atomic mass is 15.3. The number of anilines is 1. The van der Waals surface area contributed by atoms with Gasteiger partial charge in [-0.25, -0.2) is 0 Å². The summed E-state index contributed by atoms with van der Waals surface area (Å²) in [5.74, 6) is 0. The van der Waals surface area contributed by atoms with Gasteiger partial charge >= 0.3 is 0 Å². The summed E-state index contributed by atoms with van der Waals surface area (Å²) in [6.45, 7) is 4.55.